The van der Waals surface area contributed by atoms with Gasteiger partial charge in [-0.15, -0.1) is 13.2 Å². The van der Waals surface area contributed by atoms with E-state index in [1.165, 1.54) is 31.5 Å². The molecule has 1 aromatic heterocycles. The van der Waals surface area contributed by atoms with Crippen molar-refractivity contribution in [1.82, 2.24) is 4.98 Å². The molecule has 10 heteroatoms. The van der Waals surface area contributed by atoms with Crippen molar-refractivity contribution < 1.29 is 36.2 Å². The number of alkyl halides is 5. The van der Waals surface area contributed by atoms with E-state index >= 15 is 0 Å². The van der Waals surface area contributed by atoms with Gasteiger partial charge in [0.2, 0.25) is 0 Å². The molecule has 0 bridgehead atoms. The maximum absolute atomic E-state index is 12.9. The van der Waals surface area contributed by atoms with E-state index in [1.54, 1.807) is 24.3 Å². The van der Waals surface area contributed by atoms with Gasteiger partial charge >= 0.3 is 6.36 Å². The van der Waals surface area contributed by atoms with Crippen LogP contribution in [0.1, 0.15) is 12.0 Å². The lowest BCUT2D eigenvalue weighted by atomic mass is 10.1. The van der Waals surface area contributed by atoms with Gasteiger partial charge in [0.05, 0.1) is 24.9 Å². The molecule has 1 N–H and O–H groups in total. The molecule has 5 nitrogen and oxygen atoms in total. The molecule has 160 valence electrons. The predicted molar refractivity (Wildman–Crippen MR) is 100 cm³/mol. The lowest BCUT2D eigenvalue weighted by Gasteiger charge is -2.15. The summed E-state index contributed by atoms with van der Waals surface area (Å²) in [7, 11) is 1.43. The standard InChI is InChI=1S/C20H17F5N2O3/c1-28-18-11-13(29-8-9-30-20(23,24)25)3-5-16(18)27-15-6-7-26-17-10-12(19(21)22)2-4-14(15)17/h2-7,10-11,19H,8-9H2,1H3,(H,26,27). The van der Waals surface area contributed by atoms with Gasteiger partial charge in [-0.25, -0.2) is 8.78 Å². The van der Waals surface area contributed by atoms with Crippen molar-refractivity contribution in [2.24, 2.45) is 0 Å². The molecule has 0 unspecified atom stereocenters. The van der Waals surface area contributed by atoms with Gasteiger partial charge in [0.25, 0.3) is 6.43 Å². The number of hydrogen-bond donors (Lipinski definition) is 1. The molecule has 0 spiro atoms. The van der Waals surface area contributed by atoms with E-state index in [2.05, 4.69) is 15.0 Å². The summed E-state index contributed by atoms with van der Waals surface area (Å²) in [5.74, 6) is 0.669. The minimum absolute atomic E-state index is 0.124. The predicted octanol–water partition coefficient (Wildman–Crippen LogP) is 5.84. The summed E-state index contributed by atoms with van der Waals surface area (Å²) < 4.78 is 76.0. The monoisotopic (exact) mass is 428 g/mol. The number of nitrogens with zero attached hydrogens (tertiary/aromatic N) is 1. The molecule has 0 amide bonds. The number of ether oxygens (including phenoxy) is 3. The van der Waals surface area contributed by atoms with E-state index in [4.69, 9.17) is 9.47 Å². The number of aromatic nitrogens is 1. The molecule has 0 fully saturated rings. The lowest BCUT2D eigenvalue weighted by molar-refractivity contribution is -0.325. The Morgan fingerprint density at radius 2 is 1.80 bits per heavy atom. The maximum Gasteiger partial charge on any atom is 0.522 e. The van der Waals surface area contributed by atoms with E-state index in [0.29, 0.717) is 33.8 Å². The zero-order valence-electron chi connectivity index (χ0n) is 15.7. The van der Waals surface area contributed by atoms with Crippen LogP contribution in [0.5, 0.6) is 11.5 Å². The van der Waals surface area contributed by atoms with Gasteiger partial charge < -0.3 is 14.8 Å². The Hall–Kier alpha value is -3.14. The number of rotatable bonds is 8. The van der Waals surface area contributed by atoms with Gasteiger partial charge in [0.15, 0.2) is 0 Å². The minimum Gasteiger partial charge on any atom is -0.494 e. The highest BCUT2D eigenvalue weighted by Gasteiger charge is 2.28. The van der Waals surface area contributed by atoms with Crippen LogP contribution in [-0.4, -0.2) is 31.7 Å². The fraction of sp³-hybridized carbons (Fsp3) is 0.250. The molecule has 2 aromatic carbocycles. The Labute approximate surface area is 168 Å². The van der Waals surface area contributed by atoms with Crippen molar-refractivity contribution in [2.75, 3.05) is 25.6 Å². The van der Waals surface area contributed by atoms with Gasteiger partial charge in [-0.1, -0.05) is 12.1 Å². The van der Waals surface area contributed by atoms with E-state index < -0.39 is 19.4 Å². The largest absolute Gasteiger partial charge is 0.522 e. The molecule has 3 rings (SSSR count). The van der Waals surface area contributed by atoms with Gasteiger partial charge in [0, 0.05) is 28.9 Å². The molecule has 0 atom stereocenters. The Balaban J connectivity index is 1.76. The van der Waals surface area contributed by atoms with Crippen LogP contribution < -0.4 is 14.8 Å². The van der Waals surface area contributed by atoms with E-state index in [1.807, 2.05) is 0 Å². The van der Waals surface area contributed by atoms with Crippen molar-refractivity contribution >= 4 is 22.3 Å². The maximum atomic E-state index is 12.9. The second-order valence-electron chi connectivity index (χ2n) is 6.07. The summed E-state index contributed by atoms with van der Waals surface area (Å²) in [6.45, 7) is -0.938. The topological polar surface area (TPSA) is 52.6 Å². The highest BCUT2D eigenvalue weighted by atomic mass is 19.4. The second kappa shape index (κ2) is 9.12. The lowest BCUT2D eigenvalue weighted by Crippen LogP contribution is -2.18. The van der Waals surface area contributed by atoms with E-state index in [-0.39, 0.29) is 12.2 Å². The molecular formula is C20H17F5N2O3. The molecule has 0 aliphatic rings. The van der Waals surface area contributed by atoms with Crippen molar-refractivity contribution in [3.63, 3.8) is 0 Å². The molecular weight excluding hydrogens is 411 g/mol. The van der Waals surface area contributed by atoms with Gasteiger partial charge in [-0.05, 0) is 24.3 Å². The molecule has 0 aliphatic carbocycles. The number of anilines is 2. The summed E-state index contributed by atoms with van der Waals surface area (Å²) >= 11 is 0. The number of nitrogens with one attached hydrogen (secondary N) is 1. The average Bonchev–Trinajstić information content (AvgIpc) is 2.71. The first-order valence-electron chi connectivity index (χ1n) is 8.72. The molecule has 3 aromatic rings. The molecule has 0 aliphatic heterocycles. The van der Waals surface area contributed by atoms with Crippen LogP contribution in [0, 0.1) is 0 Å². The van der Waals surface area contributed by atoms with Crippen molar-refractivity contribution in [3.05, 3.63) is 54.2 Å². The highest BCUT2D eigenvalue weighted by Crippen LogP contribution is 2.34. The van der Waals surface area contributed by atoms with Crippen LogP contribution >= 0.6 is 0 Å². The number of benzene rings is 2. The number of hydrogen-bond acceptors (Lipinski definition) is 5. The summed E-state index contributed by atoms with van der Waals surface area (Å²) in [5.41, 5.74) is 1.44. The normalized spacial score (nSPS) is 11.7. The average molecular weight is 428 g/mol. The quantitative estimate of drug-likeness (QED) is 0.361. The number of fused-ring (bicyclic) bond motifs is 1. The molecule has 0 saturated carbocycles. The summed E-state index contributed by atoms with van der Waals surface area (Å²) in [4.78, 5) is 4.13. The fourth-order valence-electron chi connectivity index (χ4n) is 2.74. The Kier molecular flexibility index (Phi) is 6.56. The first-order chi connectivity index (χ1) is 14.3. The fourth-order valence-corrected chi connectivity index (χ4v) is 2.74. The number of methoxy groups -OCH3 is 1. The van der Waals surface area contributed by atoms with Crippen LogP contribution in [0.25, 0.3) is 10.9 Å². The molecule has 30 heavy (non-hydrogen) atoms. The van der Waals surface area contributed by atoms with Crippen molar-refractivity contribution in [3.8, 4) is 11.5 Å². The Morgan fingerprint density at radius 1 is 1.00 bits per heavy atom. The zero-order chi connectivity index (χ0) is 21.7. The molecule has 0 radical (unpaired) electrons. The summed E-state index contributed by atoms with van der Waals surface area (Å²) in [6, 6.07) is 10.6. The van der Waals surface area contributed by atoms with E-state index in [9.17, 15) is 22.0 Å². The van der Waals surface area contributed by atoms with Gasteiger partial charge in [-0.3, -0.25) is 9.72 Å². The molecule has 1 heterocycles. The molecule has 0 saturated heterocycles. The Bertz CT molecular complexity index is 1010. The van der Waals surface area contributed by atoms with Crippen LogP contribution in [-0.2, 0) is 4.74 Å². The third-order valence-electron chi connectivity index (χ3n) is 4.08. The van der Waals surface area contributed by atoms with Crippen LogP contribution in [0.4, 0.5) is 33.3 Å². The van der Waals surface area contributed by atoms with Crippen LogP contribution in [0.3, 0.4) is 0 Å². The number of halogens is 5. The van der Waals surface area contributed by atoms with Crippen LogP contribution in [0.15, 0.2) is 48.7 Å². The second-order valence-corrected chi connectivity index (χ2v) is 6.07. The number of pyridine rings is 1. The van der Waals surface area contributed by atoms with E-state index in [0.717, 1.165) is 0 Å². The SMILES string of the molecule is COc1cc(OCCOC(F)(F)F)ccc1Nc1ccnc2cc(C(F)F)ccc12. The van der Waals surface area contributed by atoms with Gasteiger partial charge in [0.1, 0.15) is 18.1 Å². The third kappa shape index (κ3) is 5.47. The van der Waals surface area contributed by atoms with Crippen molar-refractivity contribution in [2.45, 2.75) is 12.8 Å². The first-order valence-corrected chi connectivity index (χ1v) is 8.72. The third-order valence-corrected chi connectivity index (χ3v) is 4.08. The summed E-state index contributed by atoms with van der Waals surface area (Å²) in [5, 5.41) is 3.78. The Morgan fingerprint density at radius 3 is 2.50 bits per heavy atom. The zero-order valence-corrected chi connectivity index (χ0v) is 15.7. The first kappa shape index (κ1) is 21.6. The summed E-state index contributed by atoms with van der Waals surface area (Å²) in [6.07, 6.45) is -5.81. The van der Waals surface area contributed by atoms with Gasteiger partial charge in [-0.2, -0.15) is 0 Å². The highest BCUT2D eigenvalue weighted by molar-refractivity contribution is 5.93. The van der Waals surface area contributed by atoms with Crippen LogP contribution in [0.2, 0.25) is 0 Å². The smallest absolute Gasteiger partial charge is 0.494 e. The minimum atomic E-state index is -4.71. The van der Waals surface area contributed by atoms with Crippen molar-refractivity contribution in [1.29, 1.82) is 0 Å².